The number of benzene rings is 2. The number of aromatic hydroxyl groups is 1. The Balaban J connectivity index is 2.32. The third-order valence-corrected chi connectivity index (χ3v) is 4.19. The van der Waals surface area contributed by atoms with E-state index in [0.29, 0.717) is 17.6 Å². The maximum Gasteiger partial charge on any atom is 0.115 e. The lowest BCUT2D eigenvalue weighted by Crippen LogP contribution is -2.10. The summed E-state index contributed by atoms with van der Waals surface area (Å²) >= 11 is 0. The summed E-state index contributed by atoms with van der Waals surface area (Å²) in [7, 11) is 0. The molecule has 0 aromatic heterocycles. The van der Waals surface area contributed by atoms with Gasteiger partial charge in [-0.1, -0.05) is 55.8 Å². The fourth-order valence-electron chi connectivity index (χ4n) is 3.04. The van der Waals surface area contributed by atoms with Crippen molar-refractivity contribution in [1.29, 1.82) is 0 Å². The molecule has 0 bridgehead atoms. The Kier molecular flexibility index (Phi) is 4.84. The molecule has 0 amide bonds. The molecule has 2 aromatic carbocycles. The molecule has 0 saturated heterocycles. The molecule has 0 aliphatic heterocycles. The highest BCUT2D eigenvalue weighted by molar-refractivity contribution is 5.33. The zero-order chi connectivity index (χ0) is 14.5. The van der Waals surface area contributed by atoms with Crippen LogP contribution in [0.2, 0.25) is 0 Å². The molecule has 106 valence electrons. The third kappa shape index (κ3) is 3.22. The molecule has 0 spiro atoms. The van der Waals surface area contributed by atoms with E-state index in [2.05, 4.69) is 57.2 Å². The molecule has 0 aliphatic rings. The molecule has 0 unspecified atom stereocenters. The standard InChI is InChI=1S/C19H24O/c1-4-18(15-8-6-14(3)7-9-15)19(5-2)16-10-12-17(20)13-11-16/h6-13,18-20H,4-5H2,1-3H3/t18-,19-/m1/s1. The van der Waals surface area contributed by atoms with Crippen molar-refractivity contribution in [1.82, 2.24) is 0 Å². The minimum absolute atomic E-state index is 0.340. The Morgan fingerprint density at radius 1 is 0.750 bits per heavy atom. The van der Waals surface area contributed by atoms with Gasteiger partial charge in [0.05, 0.1) is 0 Å². The Labute approximate surface area is 122 Å². The maximum absolute atomic E-state index is 9.45. The van der Waals surface area contributed by atoms with Crippen molar-refractivity contribution in [3.63, 3.8) is 0 Å². The molecular formula is C19H24O. The molecule has 2 rings (SSSR count). The van der Waals surface area contributed by atoms with E-state index in [9.17, 15) is 5.11 Å². The lowest BCUT2D eigenvalue weighted by molar-refractivity contribution is 0.473. The zero-order valence-electron chi connectivity index (χ0n) is 12.6. The van der Waals surface area contributed by atoms with E-state index < -0.39 is 0 Å². The molecule has 20 heavy (non-hydrogen) atoms. The summed E-state index contributed by atoms with van der Waals surface area (Å²) in [5.74, 6) is 1.38. The van der Waals surface area contributed by atoms with E-state index in [-0.39, 0.29) is 0 Å². The highest BCUT2D eigenvalue weighted by atomic mass is 16.3. The molecule has 2 atom stereocenters. The number of phenols is 1. The summed E-state index contributed by atoms with van der Waals surface area (Å²) in [6, 6.07) is 16.6. The predicted octanol–water partition coefficient (Wildman–Crippen LogP) is 5.39. The van der Waals surface area contributed by atoms with Gasteiger partial charge in [0.15, 0.2) is 0 Å². The van der Waals surface area contributed by atoms with Crippen molar-refractivity contribution in [2.75, 3.05) is 0 Å². The number of rotatable bonds is 5. The number of hydrogen-bond donors (Lipinski definition) is 1. The van der Waals surface area contributed by atoms with Crippen molar-refractivity contribution in [2.24, 2.45) is 0 Å². The first-order valence-electron chi connectivity index (χ1n) is 7.51. The van der Waals surface area contributed by atoms with Crippen molar-refractivity contribution >= 4 is 0 Å². The van der Waals surface area contributed by atoms with Crippen molar-refractivity contribution in [3.05, 3.63) is 65.2 Å². The van der Waals surface area contributed by atoms with Crippen LogP contribution in [-0.4, -0.2) is 5.11 Å². The van der Waals surface area contributed by atoms with Crippen LogP contribution < -0.4 is 0 Å². The molecule has 1 nitrogen and oxygen atoms in total. The molecular weight excluding hydrogens is 244 g/mol. The third-order valence-electron chi connectivity index (χ3n) is 4.19. The van der Waals surface area contributed by atoms with Crippen LogP contribution in [0.15, 0.2) is 48.5 Å². The van der Waals surface area contributed by atoms with Crippen LogP contribution in [0.3, 0.4) is 0 Å². The van der Waals surface area contributed by atoms with Gasteiger partial charge in [0.25, 0.3) is 0 Å². The van der Waals surface area contributed by atoms with E-state index in [0.717, 1.165) is 12.8 Å². The van der Waals surface area contributed by atoms with Gasteiger partial charge in [0.2, 0.25) is 0 Å². The Hall–Kier alpha value is -1.76. The highest BCUT2D eigenvalue weighted by Crippen LogP contribution is 2.38. The van der Waals surface area contributed by atoms with Gasteiger partial charge in [-0.15, -0.1) is 0 Å². The Morgan fingerprint density at radius 2 is 1.15 bits per heavy atom. The summed E-state index contributed by atoms with van der Waals surface area (Å²) in [5.41, 5.74) is 4.04. The second kappa shape index (κ2) is 6.60. The van der Waals surface area contributed by atoms with Gasteiger partial charge >= 0.3 is 0 Å². The average Bonchev–Trinajstić information content (AvgIpc) is 2.47. The van der Waals surface area contributed by atoms with E-state index in [1.165, 1.54) is 16.7 Å². The molecule has 1 N–H and O–H groups in total. The highest BCUT2D eigenvalue weighted by Gasteiger charge is 2.21. The molecule has 0 heterocycles. The van der Waals surface area contributed by atoms with Crippen LogP contribution >= 0.6 is 0 Å². The summed E-state index contributed by atoms with van der Waals surface area (Å²) in [5, 5.41) is 9.45. The van der Waals surface area contributed by atoms with Crippen LogP contribution in [0.5, 0.6) is 5.75 Å². The fourth-order valence-corrected chi connectivity index (χ4v) is 3.04. The minimum atomic E-state index is 0.340. The summed E-state index contributed by atoms with van der Waals surface area (Å²) in [6.07, 6.45) is 2.24. The van der Waals surface area contributed by atoms with Crippen LogP contribution in [0.1, 0.15) is 55.2 Å². The van der Waals surface area contributed by atoms with Gasteiger partial charge in [-0.25, -0.2) is 0 Å². The molecule has 0 aliphatic carbocycles. The average molecular weight is 268 g/mol. The summed E-state index contributed by atoms with van der Waals surface area (Å²) in [4.78, 5) is 0. The number of aryl methyl sites for hydroxylation is 1. The van der Waals surface area contributed by atoms with Crippen molar-refractivity contribution < 1.29 is 5.11 Å². The van der Waals surface area contributed by atoms with Gasteiger partial charge in [-0.05, 0) is 54.9 Å². The van der Waals surface area contributed by atoms with E-state index >= 15 is 0 Å². The minimum Gasteiger partial charge on any atom is -0.508 e. The lowest BCUT2D eigenvalue weighted by Gasteiger charge is -2.26. The van der Waals surface area contributed by atoms with Gasteiger partial charge in [-0.2, -0.15) is 0 Å². The fraction of sp³-hybridized carbons (Fsp3) is 0.368. The molecule has 0 saturated carbocycles. The molecule has 0 fully saturated rings. The van der Waals surface area contributed by atoms with E-state index in [1.807, 2.05) is 0 Å². The maximum atomic E-state index is 9.45. The van der Waals surface area contributed by atoms with Gasteiger partial charge < -0.3 is 5.11 Å². The largest absolute Gasteiger partial charge is 0.508 e. The van der Waals surface area contributed by atoms with Crippen molar-refractivity contribution in [2.45, 2.75) is 45.4 Å². The zero-order valence-corrected chi connectivity index (χ0v) is 12.6. The molecule has 0 radical (unpaired) electrons. The molecule has 2 aromatic rings. The molecule has 1 heteroatoms. The summed E-state index contributed by atoms with van der Waals surface area (Å²) in [6.45, 7) is 6.63. The Bertz CT molecular complexity index is 473. The van der Waals surface area contributed by atoms with Gasteiger partial charge in [0, 0.05) is 0 Å². The topological polar surface area (TPSA) is 20.2 Å². The van der Waals surface area contributed by atoms with E-state index in [1.54, 1.807) is 12.1 Å². The van der Waals surface area contributed by atoms with Crippen LogP contribution in [0, 0.1) is 6.92 Å². The first-order valence-corrected chi connectivity index (χ1v) is 7.51. The Morgan fingerprint density at radius 3 is 1.55 bits per heavy atom. The number of hydrogen-bond acceptors (Lipinski definition) is 1. The van der Waals surface area contributed by atoms with Gasteiger partial charge in [-0.3, -0.25) is 0 Å². The van der Waals surface area contributed by atoms with Gasteiger partial charge in [0.1, 0.15) is 5.75 Å². The van der Waals surface area contributed by atoms with Crippen LogP contribution in [0.25, 0.3) is 0 Å². The predicted molar refractivity (Wildman–Crippen MR) is 85.3 cm³/mol. The monoisotopic (exact) mass is 268 g/mol. The quantitative estimate of drug-likeness (QED) is 0.771. The smallest absolute Gasteiger partial charge is 0.115 e. The van der Waals surface area contributed by atoms with Crippen LogP contribution in [0.4, 0.5) is 0 Å². The number of phenolic OH excluding ortho intramolecular Hbond substituents is 1. The first-order chi connectivity index (χ1) is 9.65. The van der Waals surface area contributed by atoms with Crippen LogP contribution in [-0.2, 0) is 0 Å². The van der Waals surface area contributed by atoms with E-state index in [4.69, 9.17) is 0 Å². The second-order valence-corrected chi connectivity index (χ2v) is 5.53. The normalized spacial score (nSPS) is 13.9. The van der Waals surface area contributed by atoms with Crippen molar-refractivity contribution in [3.8, 4) is 5.75 Å². The summed E-state index contributed by atoms with van der Waals surface area (Å²) < 4.78 is 0. The lowest BCUT2D eigenvalue weighted by atomic mass is 9.78. The first kappa shape index (κ1) is 14.6. The second-order valence-electron chi connectivity index (χ2n) is 5.53. The SMILES string of the molecule is CC[C@H](c1ccc(C)cc1)[C@H](CC)c1ccc(O)cc1.